The molecule has 0 nitrogen and oxygen atoms in total. The lowest BCUT2D eigenvalue weighted by Crippen LogP contribution is -2.50. The quantitative estimate of drug-likeness (QED) is 0.427. The molecule has 0 aliphatic heterocycles. The second-order valence-electron chi connectivity index (χ2n) is 3.49. The van der Waals surface area contributed by atoms with Crippen molar-refractivity contribution in [1.82, 2.24) is 0 Å². The first kappa shape index (κ1) is 16.5. The van der Waals surface area contributed by atoms with Crippen molar-refractivity contribution < 1.29 is 48.3 Å². The number of benzene rings is 1. The van der Waals surface area contributed by atoms with E-state index in [1.807, 2.05) is 0 Å². The van der Waals surface area contributed by atoms with Crippen molar-refractivity contribution in [2.45, 2.75) is 18.0 Å². The van der Waals surface area contributed by atoms with Crippen molar-refractivity contribution in [1.29, 1.82) is 0 Å². The molecule has 11 heteroatoms. The van der Waals surface area contributed by atoms with Gasteiger partial charge in [-0.05, 0) is 6.07 Å². The zero-order valence-corrected chi connectivity index (χ0v) is 8.73. The molecule has 0 saturated heterocycles. The monoisotopic (exact) mass is 318 g/mol. The minimum atomic E-state index is -6.83. The van der Waals surface area contributed by atoms with E-state index in [0.717, 1.165) is 0 Å². The van der Waals surface area contributed by atoms with Gasteiger partial charge in [0.15, 0.2) is 23.3 Å². The van der Waals surface area contributed by atoms with Gasteiger partial charge in [-0.3, -0.25) is 0 Å². The van der Waals surface area contributed by atoms with Crippen molar-refractivity contribution in [3.63, 3.8) is 0 Å². The van der Waals surface area contributed by atoms with Gasteiger partial charge >= 0.3 is 18.0 Å². The molecule has 0 N–H and O–H groups in total. The Hall–Kier alpha value is -1.55. The molecule has 0 bridgehead atoms. The van der Waals surface area contributed by atoms with Crippen LogP contribution in [0.3, 0.4) is 0 Å². The van der Waals surface area contributed by atoms with Crippen molar-refractivity contribution in [2.75, 3.05) is 0 Å². The zero-order chi connectivity index (χ0) is 16.1. The van der Waals surface area contributed by atoms with Crippen molar-refractivity contribution in [3.05, 3.63) is 34.9 Å². The fourth-order valence-electron chi connectivity index (χ4n) is 1.15. The summed E-state index contributed by atoms with van der Waals surface area (Å²) in [4.78, 5) is 0. The molecule has 0 fully saturated rings. The fourth-order valence-corrected chi connectivity index (χ4v) is 1.15. The number of hydrogen-bond donors (Lipinski definition) is 0. The number of alkyl halides is 7. The molecule has 0 aliphatic carbocycles. The zero-order valence-electron chi connectivity index (χ0n) is 8.73. The van der Waals surface area contributed by atoms with Crippen molar-refractivity contribution >= 4 is 0 Å². The van der Waals surface area contributed by atoms with Gasteiger partial charge in [0.1, 0.15) is 0 Å². The van der Waals surface area contributed by atoms with Gasteiger partial charge in [0.2, 0.25) is 0 Å². The first-order valence-electron chi connectivity index (χ1n) is 4.41. The summed E-state index contributed by atoms with van der Waals surface area (Å²) in [6.07, 6.45) is -6.83. The molecular formula is C9HF11. The van der Waals surface area contributed by atoms with Crippen LogP contribution in [0.1, 0.15) is 5.56 Å². The van der Waals surface area contributed by atoms with Crippen LogP contribution in [0.15, 0.2) is 6.07 Å². The van der Waals surface area contributed by atoms with E-state index in [4.69, 9.17) is 0 Å². The SMILES string of the molecule is Fc1cc(C(F)(F)C(F)(F)C(F)(F)F)c(F)c(F)c1F. The molecule has 0 amide bonds. The van der Waals surface area contributed by atoms with Crippen LogP contribution in [0.4, 0.5) is 48.3 Å². The van der Waals surface area contributed by atoms with Gasteiger partial charge in [-0.1, -0.05) is 0 Å². The molecule has 1 rings (SSSR count). The molecule has 0 unspecified atom stereocenters. The summed E-state index contributed by atoms with van der Waals surface area (Å²) in [5, 5.41) is 0. The summed E-state index contributed by atoms with van der Waals surface area (Å²) in [6.45, 7) is 0. The van der Waals surface area contributed by atoms with Gasteiger partial charge in [0, 0.05) is 0 Å². The maximum atomic E-state index is 13.0. The third kappa shape index (κ3) is 2.18. The summed E-state index contributed by atoms with van der Waals surface area (Å²) in [5.41, 5.74) is -2.95. The average molecular weight is 318 g/mol. The molecule has 0 aliphatic rings. The Kier molecular flexibility index (Phi) is 3.70. The molecule has 1 aromatic carbocycles. The minimum absolute atomic E-state index is 0.965. The molecule has 0 radical (unpaired) electrons. The lowest BCUT2D eigenvalue weighted by atomic mass is 10.0. The number of halogens is 11. The van der Waals surface area contributed by atoms with Crippen LogP contribution in [0, 0.1) is 23.3 Å². The summed E-state index contributed by atoms with van der Waals surface area (Å²) in [6, 6.07) is -0.965. The summed E-state index contributed by atoms with van der Waals surface area (Å²) < 4.78 is 137. The predicted molar refractivity (Wildman–Crippen MR) is 41.2 cm³/mol. The Morgan fingerprint density at radius 1 is 0.650 bits per heavy atom. The van der Waals surface area contributed by atoms with Crippen LogP contribution in [0.2, 0.25) is 0 Å². The molecule has 114 valence electrons. The van der Waals surface area contributed by atoms with Crippen LogP contribution < -0.4 is 0 Å². The smallest absolute Gasteiger partial charge is 0.204 e. The minimum Gasteiger partial charge on any atom is -0.204 e. The van der Waals surface area contributed by atoms with E-state index in [9.17, 15) is 48.3 Å². The summed E-state index contributed by atoms with van der Waals surface area (Å²) in [7, 11) is 0. The van der Waals surface area contributed by atoms with Crippen LogP contribution >= 0.6 is 0 Å². The molecule has 0 aromatic heterocycles. The van der Waals surface area contributed by atoms with E-state index in [1.165, 1.54) is 0 Å². The van der Waals surface area contributed by atoms with Gasteiger partial charge in [0.05, 0.1) is 5.56 Å². The van der Waals surface area contributed by atoms with E-state index in [2.05, 4.69) is 0 Å². The molecule has 0 spiro atoms. The Morgan fingerprint density at radius 3 is 1.50 bits per heavy atom. The standard InChI is InChI=1S/C9HF11/c10-3-1-2(4(11)6(13)5(3)12)7(14,15)8(16,17)9(18,19)20/h1H. The molecular weight excluding hydrogens is 317 g/mol. The average Bonchev–Trinajstić information content (AvgIpc) is 2.29. The van der Waals surface area contributed by atoms with Gasteiger partial charge in [-0.15, -0.1) is 0 Å². The molecule has 1 aromatic rings. The topological polar surface area (TPSA) is 0 Å². The van der Waals surface area contributed by atoms with Crippen LogP contribution in [-0.4, -0.2) is 12.1 Å². The van der Waals surface area contributed by atoms with E-state index in [1.54, 1.807) is 0 Å². The van der Waals surface area contributed by atoms with E-state index >= 15 is 0 Å². The lowest BCUT2D eigenvalue weighted by molar-refractivity contribution is -0.360. The first-order chi connectivity index (χ1) is 8.75. The molecule has 20 heavy (non-hydrogen) atoms. The van der Waals surface area contributed by atoms with Crippen LogP contribution in [-0.2, 0) is 5.92 Å². The lowest BCUT2D eigenvalue weighted by Gasteiger charge is -2.28. The van der Waals surface area contributed by atoms with E-state index in [0.29, 0.717) is 0 Å². The van der Waals surface area contributed by atoms with Gasteiger partial charge in [-0.2, -0.15) is 30.7 Å². The third-order valence-corrected chi connectivity index (χ3v) is 2.19. The highest BCUT2D eigenvalue weighted by atomic mass is 19.4. The highest BCUT2D eigenvalue weighted by Gasteiger charge is 2.74. The van der Waals surface area contributed by atoms with Crippen LogP contribution in [0.25, 0.3) is 0 Å². The highest BCUT2D eigenvalue weighted by molar-refractivity contribution is 5.28. The Morgan fingerprint density at radius 2 is 1.10 bits per heavy atom. The largest absolute Gasteiger partial charge is 0.460 e. The third-order valence-electron chi connectivity index (χ3n) is 2.19. The first-order valence-corrected chi connectivity index (χ1v) is 4.41. The van der Waals surface area contributed by atoms with Gasteiger partial charge < -0.3 is 0 Å². The summed E-state index contributed by atoms with van der Waals surface area (Å²) in [5.74, 6) is -24.3. The Bertz CT molecular complexity index is 528. The number of rotatable bonds is 2. The second kappa shape index (κ2) is 4.48. The highest BCUT2D eigenvalue weighted by Crippen LogP contribution is 2.52. The van der Waals surface area contributed by atoms with Crippen molar-refractivity contribution in [2.24, 2.45) is 0 Å². The van der Waals surface area contributed by atoms with E-state index < -0.39 is 52.9 Å². The predicted octanol–water partition coefficient (Wildman–Crippen LogP) is 4.53. The fraction of sp³-hybridized carbons (Fsp3) is 0.333. The van der Waals surface area contributed by atoms with Gasteiger partial charge in [0.25, 0.3) is 0 Å². The maximum Gasteiger partial charge on any atom is 0.460 e. The normalized spacial score (nSPS) is 13.8. The number of hydrogen-bond acceptors (Lipinski definition) is 0. The Labute approximate surface area is 102 Å². The summed E-state index contributed by atoms with van der Waals surface area (Å²) >= 11 is 0. The molecule has 0 saturated carbocycles. The molecule has 0 atom stereocenters. The Balaban J connectivity index is 3.60. The second-order valence-corrected chi connectivity index (χ2v) is 3.49. The van der Waals surface area contributed by atoms with E-state index in [-0.39, 0.29) is 0 Å². The van der Waals surface area contributed by atoms with Gasteiger partial charge in [-0.25, -0.2) is 17.6 Å². The maximum absolute atomic E-state index is 13.0. The van der Waals surface area contributed by atoms with Crippen molar-refractivity contribution in [3.8, 4) is 0 Å². The van der Waals surface area contributed by atoms with Crippen LogP contribution in [0.5, 0.6) is 0 Å². The molecule has 0 heterocycles.